The minimum absolute atomic E-state index is 0.579. The molecule has 2 aromatic rings. The lowest BCUT2D eigenvalue weighted by Crippen LogP contribution is -2.15. The number of nitrogens with one attached hydrogen (secondary N) is 1. The van der Waals surface area contributed by atoms with Gasteiger partial charge in [0, 0.05) is 31.4 Å². The van der Waals surface area contributed by atoms with Crippen LogP contribution in [-0.2, 0) is 20.1 Å². The molecule has 0 radical (unpaired) electrons. The lowest BCUT2D eigenvalue weighted by molar-refractivity contribution is 0.626. The summed E-state index contributed by atoms with van der Waals surface area (Å²) in [6.07, 6.45) is 1.77. The summed E-state index contributed by atoms with van der Waals surface area (Å²) in [4.78, 5) is 0. The van der Waals surface area contributed by atoms with E-state index in [0.717, 1.165) is 17.8 Å². The molecule has 0 aliphatic carbocycles. The number of nitrogens with zero attached hydrogens (tertiary/aromatic N) is 3. The highest BCUT2D eigenvalue weighted by atomic mass is 35.5. The van der Waals surface area contributed by atoms with E-state index in [1.54, 1.807) is 18.3 Å². The van der Waals surface area contributed by atoms with E-state index in [1.807, 2.05) is 23.9 Å². The number of aryl methyl sites for hydroxylation is 1. The van der Waals surface area contributed by atoms with Crippen LogP contribution >= 0.6 is 11.6 Å². The van der Waals surface area contributed by atoms with E-state index in [0.29, 0.717) is 17.1 Å². The predicted molar refractivity (Wildman–Crippen MR) is 69.9 cm³/mol. The summed E-state index contributed by atoms with van der Waals surface area (Å²) in [5, 5.41) is 16.8. The second-order valence-electron chi connectivity index (χ2n) is 3.97. The van der Waals surface area contributed by atoms with Crippen molar-refractivity contribution in [1.82, 2.24) is 15.1 Å². The van der Waals surface area contributed by atoms with Crippen molar-refractivity contribution in [3.8, 4) is 6.07 Å². The maximum atomic E-state index is 8.75. The Kier molecular flexibility index (Phi) is 3.98. The molecule has 18 heavy (non-hydrogen) atoms. The quantitative estimate of drug-likeness (QED) is 0.917. The fourth-order valence-electron chi connectivity index (χ4n) is 1.66. The van der Waals surface area contributed by atoms with Crippen molar-refractivity contribution in [2.45, 2.75) is 13.1 Å². The third-order valence-corrected chi connectivity index (χ3v) is 3.08. The Morgan fingerprint density at radius 2 is 2.22 bits per heavy atom. The monoisotopic (exact) mass is 260 g/mol. The van der Waals surface area contributed by atoms with Gasteiger partial charge in [-0.3, -0.25) is 4.68 Å². The van der Waals surface area contributed by atoms with Gasteiger partial charge in [0.05, 0.1) is 17.3 Å². The maximum Gasteiger partial charge on any atom is 0.0992 e. The summed E-state index contributed by atoms with van der Waals surface area (Å²) in [5.74, 6) is 0. The first-order valence-corrected chi connectivity index (χ1v) is 5.94. The molecule has 0 unspecified atom stereocenters. The maximum absolute atomic E-state index is 8.75. The molecule has 0 saturated heterocycles. The van der Waals surface area contributed by atoms with E-state index in [-0.39, 0.29) is 0 Å². The summed E-state index contributed by atoms with van der Waals surface area (Å²) < 4.78 is 1.83. The van der Waals surface area contributed by atoms with Crippen LogP contribution in [0.1, 0.15) is 16.8 Å². The zero-order valence-corrected chi connectivity index (χ0v) is 10.8. The topological polar surface area (TPSA) is 53.6 Å². The van der Waals surface area contributed by atoms with Crippen LogP contribution in [0, 0.1) is 11.3 Å². The molecular weight excluding hydrogens is 248 g/mol. The molecule has 1 aromatic heterocycles. The number of halogens is 1. The van der Waals surface area contributed by atoms with Crippen LogP contribution in [-0.4, -0.2) is 9.78 Å². The van der Waals surface area contributed by atoms with Crippen molar-refractivity contribution >= 4 is 11.6 Å². The standard InChI is InChI=1S/C13H13ClN4/c1-18-12(4-5-17-18)9-16-8-11-3-2-10(7-15)6-13(11)14/h2-6,16H,8-9H2,1H3. The van der Waals surface area contributed by atoms with E-state index < -0.39 is 0 Å². The minimum atomic E-state index is 0.579. The van der Waals surface area contributed by atoms with Gasteiger partial charge in [0.1, 0.15) is 0 Å². The predicted octanol–water partition coefficient (Wildman–Crippen LogP) is 2.23. The SMILES string of the molecule is Cn1nccc1CNCc1ccc(C#N)cc1Cl. The molecule has 5 heteroatoms. The van der Waals surface area contributed by atoms with E-state index >= 15 is 0 Å². The molecule has 1 aromatic carbocycles. The molecule has 0 atom stereocenters. The molecule has 1 heterocycles. The summed E-state index contributed by atoms with van der Waals surface area (Å²) in [6.45, 7) is 1.39. The molecule has 92 valence electrons. The molecule has 0 aliphatic rings. The lowest BCUT2D eigenvalue weighted by atomic mass is 10.1. The number of aromatic nitrogens is 2. The highest BCUT2D eigenvalue weighted by Crippen LogP contribution is 2.17. The smallest absolute Gasteiger partial charge is 0.0992 e. The van der Waals surface area contributed by atoms with Crippen LogP contribution in [0.25, 0.3) is 0 Å². The molecule has 0 bridgehead atoms. The Hall–Kier alpha value is -1.83. The van der Waals surface area contributed by atoms with Crippen molar-refractivity contribution in [1.29, 1.82) is 5.26 Å². The Morgan fingerprint density at radius 3 is 2.83 bits per heavy atom. The number of hydrogen-bond acceptors (Lipinski definition) is 3. The van der Waals surface area contributed by atoms with Gasteiger partial charge in [0.15, 0.2) is 0 Å². The average Bonchev–Trinajstić information content (AvgIpc) is 2.77. The zero-order valence-electron chi connectivity index (χ0n) is 10.0. The molecule has 4 nitrogen and oxygen atoms in total. The highest BCUT2D eigenvalue weighted by Gasteiger charge is 2.02. The Labute approximate surface area is 111 Å². The third-order valence-electron chi connectivity index (χ3n) is 2.73. The number of benzene rings is 1. The van der Waals surface area contributed by atoms with Crippen LogP contribution < -0.4 is 5.32 Å². The lowest BCUT2D eigenvalue weighted by Gasteiger charge is -2.07. The van der Waals surface area contributed by atoms with E-state index in [4.69, 9.17) is 16.9 Å². The molecule has 0 aliphatic heterocycles. The second-order valence-corrected chi connectivity index (χ2v) is 4.37. The van der Waals surface area contributed by atoms with Crippen molar-refractivity contribution in [2.24, 2.45) is 7.05 Å². The first-order valence-electron chi connectivity index (χ1n) is 5.57. The molecule has 0 spiro atoms. The number of nitriles is 1. The first-order chi connectivity index (χ1) is 8.70. The molecule has 0 fully saturated rings. The van der Waals surface area contributed by atoms with Crippen LogP contribution in [0.2, 0.25) is 5.02 Å². The van der Waals surface area contributed by atoms with Crippen LogP contribution in [0.3, 0.4) is 0 Å². The second kappa shape index (κ2) is 5.67. The van der Waals surface area contributed by atoms with E-state index in [2.05, 4.69) is 16.5 Å². The third kappa shape index (κ3) is 2.89. The van der Waals surface area contributed by atoms with Gasteiger partial charge in [0.25, 0.3) is 0 Å². The van der Waals surface area contributed by atoms with Crippen molar-refractivity contribution in [3.63, 3.8) is 0 Å². The van der Waals surface area contributed by atoms with Gasteiger partial charge in [-0.1, -0.05) is 17.7 Å². The molecular formula is C13H13ClN4. The van der Waals surface area contributed by atoms with Crippen molar-refractivity contribution < 1.29 is 0 Å². The van der Waals surface area contributed by atoms with Crippen molar-refractivity contribution in [3.05, 3.63) is 52.3 Å². The molecule has 0 amide bonds. The van der Waals surface area contributed by atoms with Gasteiger partial charge in [-0.15, -0.1) is 0 Å². The molecule has 0 saturated carbocycles. The molecule has 2 rings (SSSR count). The van der Waals surface area contributed by atoms with Crippen LogP contribution in [0.4, 0.5) is 0 Å². The van der Waals surface area contributed by atoms with Gasteiger partial charge >= 0.3 is 0 Å². The Bertz CT molecular complexity index is 583. The Balaban J connectivity index is 1.95. The van der Waals surface area contributed by atoms with Crippen LogP contribution in [0.5, 0.6) is 0 Å². The summed E-state index contributed by atoms with van der Waals surface area (Å²) >= 11 is 6.09. The van der Waals surface area contributed by atoms with Crippen molar-refractivity contribution in [2.75, 3.05) is 0 Å². The fourth-order valence-corrected chi connectivity index (χ4v) is 1.91. The molecule has 1 N–H and O–H groups in total. The van der Waals surface area contributed by atoms with Crippen LogP contribution in [0.15, 0.2) is 30.5 Å². The largest absolute Gasteiger partial charge is 0.307 e. The van der Waals surface area contributed by atoms with Gasteiger partial charge < -0.3 is 5.32 Å². The number of hydrogen-bond donors (Lipinski definition) is 1. The van der Waals surface area contributed by atoms with E-state index in [1.165, 1.54) is 0 Å². The van der Waals surface area contributed by atoms with E-state index in [9.17, 15) is 0 Å². The summed E-state index contributed by atoms with van der Waals surface area (Å²) in [5.41, 5.74) is 2.67. The normalized spacial score (nSPS) is 10.3. The minimum Gasteiger partial charge on any atom is -0.307 e. The summed E-state index contributed by atoms with van der Waals surface area (Å²) in [7, 11) is 1.91. The Morgan fingerprint density at radius 1 is 1.39 bits per heavy atom. The van der Waals surface area contributed by atoms with Gasteiger partial charge in [0.2, 0.25) is 0 Å². The van der Waals surface area contributed by atoms with Gasteiger partial charge in [-0.2, -0.15) is 10.4 Å². The zero-order chi connectivity index (χ0) is 13.0. The number of rotatable bonds is 4. The highest BCUT2D eigenvalue weighted by molar-refractivity contribution is 6.31. The average molecular weight is 261 g/mol. The summed E-state index contributed by atoms with van der Waals surface area (Å²) in [6, 6.07) is 9.36. The fraction of sp³-hybridized carbons (Fsp3) is 0.231. The first kappa shape index (κ1) is 12.6. The van der Waals surface area contributed by atoms with Gasteiger partial charge in [-0.25, -0.2) is 0 Å². The van der Waals surface area contributed by atoms with Gasteiger partial charge in [-0.05, 0) is 23.8 Å².